The summed E-state index contributed by atoms with van der Waals surface area (Å²) >= 11 is 5.93. The number of ether oxygens (including phenoxy) is 1. The summed E-state index contributed by atoms with van der Waals surface area (Å²) in [5.74, 6) is -0.262. The van der Waals surface area contributed by atoms with Crippen LogP contribution in [0.5, 0.6) is 5.75 Å². The highest BCUT2D eigenvalue weighted by molar-refractivity contribution is 7.89. The van der Waals surface area contributed by atoms with Crippen molar-refractivity contribution >= 4 is 33.4 Å². The molecule has 0 aliphatic carbocycles. The number of nitrogens with one attached hydrogen (secondary N) is 3. The minimum Gasteiger partial charge on any atom is -0.484 e. The van der Waals surface area contributed by atoms with E-state index >= 15 is 0 Å². The summed E-state index contributed by atoms with van der Waals surface area (Å²) in [7, 11) is -3.78. The van der Waals surface area contributed by atoms with Crippen LogP contribution < -0.4 is 20.3 Å². The summed E-state index contributed by atoms with van der Waals surface area (Å²) in [5, 5.41) is 0.584. The normalized spacial score (nSPS) is 11.1. The Hall–Kier alpha value is -3.34. The summed E-state index contributed by atoms with van der Waals surface area (Å²) < 4.78 is 37.5. The van der Waals surface area contributed by atoms with Gasteiger partial charge in [0.05, 0.1) is 17.7 Å². The molecule has 0 saturated heterocycles. The lowest BCUT2D eigenvalue weighted by Crippen LogP contribution is -2.43. The number of hydrogen-bond acceptors (Lipinski definition) is 6. The van der Waals surface area contributed by atoms with Crippen LogP contribution in [0.1, 0.15) is 21.7 Å². The van der Waals surface area contributed by atoms with Gasteiger partial charge in [-0.2, -0.15) is 0 Å². The van der Waals surface area contributed by atoms with Gasteiger partial charge in [0.15, 0.2) is 6.61 Å². The highest BCUT2D eigenvalue weighted by atomic mass is 35.5. The second-order valence-corrected chi connectivity index (χ2v) is 8.80. The monoisotopic (exact) mass is 477 g/mol. The van der Waals surface area contributed by atoms with Gasteiger partial charge in [0.1, 0.15) is 11.5 Å². The number of hydrogen-bond donors (Lipinski definition) is 3. The number of halogens is 1. The third-order valence-corrected chi connectivity index (χ3v) is 6.10. The van der Waals surface area contributed by atoms with E-state index in [-0.39, 0.29) is 23.6 Å². The van der Waals surface area contributed by atoms with Crippen molar-refractivity contribution in [1.29, 1.82) is 0 Å². The lowest BCUT2D eigenvalue weighted by molar-refractivity contribution is -0.123. The van der Waals surface area contributed by atoms with Crippen molar-refractivity contribution < 1.29 is 27.2 Å². The Kier molecular flexibility index (Phi) is 7.52. The van der Waals surface area contributed by atoms with Crippen molar-refractivity contribution in [3.63, 3.8) is 0 Å². The Morgan fingerprint density at radius 1 is 1.06 bits per heavy atom. The first-order chi connectivity index (χ1) is 15.2. The molecule has 9 nitrogen and oxygen atoms in total. The highest BCUT2D eigenvalue weighted by Crippen LogP contribution is 2.20. The molecule has 0 unspecified atom stereocenters. The van der Waals surface area contributed by atoms with E-state index in [1.165, 1.54) is 30.5 Å². The quantitative estimate of drug-likeness (QED) is 0.428. The minimum absolute atomic E-state index is 0.00125. The van der Waals surface area contributed by atoms with Gasteiger partial charge in [-0.15, -0.1) is 0 Å². The zero-order valence-electron chi connectivity index (χ0n) is 16.9. The van der Waals surface area contributed by atoms with Crippen molar-refractivity contribution in [2.75, 3.05) is 6.61 Å². The smallest absolute Gasteiger partial charge is 0.276 e. The van der Waals surface area contributed by atoms with Crippen LogP contribution in [0.4, 0.5) is 0 Å². The molecule has 3 aromatic rings. The summed E-state index contributed by atoms with van der Waals surface area (Å²) in [6.45, 7) is 1.49. The number of furan rings is 1. The zero-order valence-corrected chi connectivity index (χ0v) is 18.5. The Balaban J connectivity index is 1.48. The molecule has 11 heteroatoms. The molecule has 168 valence electrons. The van der Waals surface area contributed by atoms with Crippen LogP contribution >= 0.6 is 11.6 Å². The van der Waals surface area contributed by atoms with Gasteiger partial charge in [-0.1, -0.05) is 11.6 Å². The Bertz CT molecular complexity index is 1190. The number of benzene rings is 2. The van der Waals surface area contributed by atoms with E-state index in [1.807, 2.05) is 0 Å². The predicted molar refractivity (Wildman–Crippen MR) is 116 cm³/mol. The first kappa shape index (κ1) is 23.3. The molecule has 2 amide bonds. The maximum Gasteiger partial charge on any atom is 0.276 e. The maximum atomic E-state index is 12.3. The maximum absolute atomic E-state index is 12.3. The SMILES string of the molecule is Cc1cc(OCC(=O)NNC(=O)c2ccc(S(=O)(=O)NCc3ccco3)cc2)ccc1Cl. The van der Waals surface area contributed by atoms with Crippen LogP contribution in [0.25, 0.3) is 0 Å². The topological polar surface area (TPSA) is 127 Å². The van der Waals surface area contributed by atoms with Crippen LogP contribution in [0.3, 0.4) is 0 Å². The van der Waals surface area contributed by atoms with Crippen molar-refractivity contribution in [2.24, 2.45) is 0 Å². The number of aryl methyl sites for hydroxylation is 1. The zero-order chi connectivity index (χ0) is 23.1. The highest BCUT2D eigenvalue weighted by Gasteiger charge is 2.16. The molecular weight excluding hydrogens is 458 g/mol. The fraction of sp³-hybridized carbons (Fsp3) is 0.143. The number of hydrazine groups is 1. The lowest BCUT2D eigenvalue weighted by atomic mass is 10.2. The van der Waals surface area contributed by atoms with Crippen LogP contribution in [0.2, 0.25) is 5.02 Å². The largest absolute Gasteiger partial charge is 0.484 e. The van der Waals surface area contributed by atoms with E-state index in [1.54, 1.807) is 37.3 Å². The Labute approximate surface area is 189 Å². The molecule has 0 spiro atoms. The molecule has 0 atom stereocenters. The van der Waals surface area contributed by atoms with Gasteiger partial charge in [-0.05, 0) is 67.1 Å². The Morgan fingerprint density at radius 3 is 2.47 bits per heavy atom. The van der Waals surface area contributed by atoms with Crippen molar-refractivity contribution in [2.45, 2.75) is 18.4 Å². The summed E-state index contributed by atoms with van der Waals surface area (Å²) in [5.41, 5.74) is 5.43. The minimum atomic E-state index is -3.78. The van der Waals surface area contributed by atoms with Crippen molar-refractivity contribution in [3.8, 4) is 5.75 Å². The fourth-order valence-electron chi connectivity index (χ4n) is 2.54. The van der Waals surface area contributed by atoms with Crippen molar-refractivity contribution in [3.05, 3.63) is 82.8 Å². The fourth-order valence-corrected chi connectivity index (χ4v) is 3.65. The van der Waals surface area contributed by atoms with E-state index in [9.17, 15) is 18.0 Å². The van der Waals surface area contributed by atoms with Crippen molar-refractivity contribution in [1.82, 2.24) is 15.6 Å². The number of rotatable bonds is 8. The first-order valence-electron chi connectivity index (χ1n) is 9.35. The molecule has 2 aromatic carbocycles. The molecule has 0 aliphatic rings. The average Bonchev–Trinajstić information content (AvgIpc) is 3.31. The van der Waals surface area contributed by atoms with Gasteiger partial charge in [-0.3, -0.25) is 20.4 Å². The second-order valence-electron chi connectivity index (χ2n) is 6.63. The van der Waals surface area contributed by atoms with Gasteiger partial charge in [0, 0.05) is 10.6 Å². The van der Waals surface area contributed by atoms with Crippen LogP contribution in [0, 0.1) is 6.92 Å². The van der Waals surface area contributed by atoms with E-state index in [0.717, 1.165) is 5.56 Å². The molecule has 3 rings (SSSR count). The summed E-state index contributed by atoms with van der Waals surface area (Å²) in [4.78, 5) is 24.1. The summed E-state index contributed by atoms with van der Waals surface area (Å²) in [6, 6.07) is 13.5. The molecule has 0 radical (unpaired) electrons. The molecule has 0 aliphatic heterocycles. The van der Waals surface area contributed by atoms with Crippen LogP contribution in [-0.4, -0.2) is 26.8 Å². The van der Waals surface area contributed by atoms with Gasteiger partial charge in [0.25, 0.3) is 11.8 Å². The summed E-state index contributed by atoms with van der Waals surface area (Å²) in [6.07, 6.45) is 1.45. The number of amides is 2. The molecule has 0 saturated carbocycles. The van der Waals surface area contributed by atoms with Crippen LogP contribution in [-0.2, 0) is 21.4 Å². The Morgan fingerprint density at radius 2 is 1.81 bits per heavy atom. The third-order valence-electron chi connectivity index (χ3n) is 4.26. The van der Waals surface area contributed by atoms with Gasteiger partial charge < -0.3 is 9.15 Å². The van der Waals surface area contributed by atoms with E-state index < -0.39 is 21.8 Å². The molecule has 0 bridgehead atoms. The second kappa shape index (κ2) is 10.3. The molecule has 1 heterocycles. The van der Waals surface area contributed by atoms with E-state index in [2.05, 4.69) is 15.6 Å². The van der Waals surface area contributed by atoms with E-state index in [0.29, 0.717) is 16.5 Å². The molecule has 1 aromatic heterocycles. The molecule has 0 fully saturated rings. The standard InChI is InChI=1S/C21H20ClN3O6S/c1-14-11-16(6-9-19(14)22)31-13-20(26)24-25-21(27)15-4-7-18(8-5-15)32(28,29)23-12-17-3-2-10-30-17/h2-11,23H,12-13H2,1H3,(H,24,26)(H,25,27). The lowest BCUT2D eigenvalue weighted by Gasteiger charge is -2.10. The predicted octanol–water partition coefficient (Wildman–Crippen LogP) is 2.56. The van der Waals surface area contributed by atoms with E-state index in [4.69, 9.17) is 20.8 Å². The van der Waals surface area contributed by atoms with Gasteiger partial charge >= 0.3 is 0 Å². The average molecular weight is 478 g/mol. The molecule has 3 N–H and O–H groups in total. The molecule has 32 heavy (non-hydrogen) atoms. The van der Waals surface area contributed by atoms with Crippen LogP contribution in [0.15, 0.2) is 70.2 Å². The van der Waals surface area contributed by atoms with Gasteiger partial charge in [0.2, 0.25) is 10.0 Å². The number of carbonyl (C=O) groups is 2. The number of sulfonamides is 1. The number of carbonyl (C=O) groups excluding carboxylic acids is 2. The third kappa shape index (κ3) is 6.33. The first-order valence-corrected chi connectivity index (χ1v) is 11.2. The van der Waals surface area contributed by atoms with Gasteiger partial charge in [-0.25, -0.2) is 13.1 Å². The molecular formula is C21H20ClN3O6S.